The first-order valence-corrected chi connectivity index (χ1v) is 6.82. The van der Waals surface area contributed by atoms with Gasteiger partial charge in [0.05, 0.1) is 11.3 Å². The molecule has 0 bridgehead atoms. The molecule has 0 fully saturated rings. The third-order valence-corrected chi connectivity index (χ3v) is 3.04. The van der Waals surface area contributed by atoms with Crippen LogP contribution in [0.1, 0.15) is 12.0 Å². The molecule has 0 saturated carbocycles. The number of hydrogen-bond donors (Lipinski definition) is 2. The Morgan fingerprint density at radius 2 is 1.65 bits per heavy atom. The van der Waals surface area contributed by atoms with Crippen LogP contribution in [0.15, 0.2) is 48.5 Å². The molecule has 1 amide bonds. The Kier molecular flexibility index (Phi) is 5.20. The molecule has 0 aliphatic carbocycles. The largest absolute Gasteiger partial charge is 0.416 e. The molecule has 0 atom stereocenters. The number of hydrogen-bond acceptors (Lipinski definition) is 2. The van der Waals surface area contributed by atoms with Gasteiger partial charge >= 0.3 is 6.18 Å². The second kappa shape index (κ2) is 7.13. The molecule has 2 N–H and O–H groups in total. The first-order valence-electron chi connectivity index (χ1n) is 6.82. The lowest BCUT2D eigenvalue weighted by Crippen LogP contribution is -2.17. The van der Waals surface area contributed by atoms with Crippen molar-refractivity contribution in [3.63, 3.8) is 0 Å². The molecule has 2 aromatic rings. The summed E-state index contributed by atoms with van der Waals surface area (Å²) >= 11 is 0. The Morgan fingerprint density at radius 3 is 2.26 bits per heavy atom. The molecule has 0 spiro atoms. The van der Waals surface area contributed by atoms with Crippen LogP contribution in [0.5, 0.6) is 0 Å². The van der Waals surface area contributed by atoms with Crippen LogP contribution >= 0.6 is 0 Å². The van der Waals surface area contributed by atoms with Gasteiger partial charge < -0.3 is 10.6 Å². The molecule has 23 heavy (non-hydrogen) atoms. The van der Waals surface area contributed by atoms with Gasteiger partial charge in [-0.25, -0.2) is 4.39 Å². The first-order chi connectivity index (χ1) is 10.9. The maximum absolute atomic E-state index is 13.3. The minimum Gasteiger partial charge on any atom is -0.385 e. The fraction of sp³-hybridized carbons (Fsp3) is 0.188. The lowest BCUT2D eigenvalue weighted by molar-refractivity contribution is -0.137. The zero-order chi connectivity index (χ0) is 16.9. The van der Waals surface area contributed by atoms with Gasteiger partial charge in [0.15, 0.2) is 0 Å². The lowest BCUT2D eigenvalue weighted by Gasteiger charge is -2.10. The minimum absolute atomic E-state index is 0.0509. The number of benzene rings is 2. The van der Waals surface area contributed by atoms with E-state index in [2.05, 4.69) is 10.6 Å². The van der Waals surface area contributed by atoms with E-state index in [1.54, 1.807) is 6.07 Å². The van der Waals surface area contributed by atoms with Crippen LogP contribution in [0.4, 0.5) is 28.9 Å². The van der Waals surface area contributed by atoms with Crippen LogP contribution in [0.3, 0.4) is 0 Å². The predicted molar refractivity (Wildman–Crippen MR) is 79.6 cm³/mol. The summed E-state index contributed by atoms with van der Waals surface area (Å²) < 4.78 is 50.6. The Bertz CT molecular complexity index is 669. The number of carbonyl (C=O) groups is 1. The average molecular weight is 326 g/mol. The van der Waals surface area contributed by atoms with E-state index in [1.807, 2.05) is 0 Å². The highest BCUT2D eigenvalue weighted by Gasteiger charge is 2.29. The molecular formula is C16H14F4N2O. The van der Waals surface area contributed by atoms with Crippen LogP contribution in [-0.2, 0) is 11.0 Å². The highest BCUT2D eigenvalue weighted by Crippen LogP contribution is 2.29. The van der Waals surface area contributed by atoms with Crippen molar-refractivity contribution in [2.24, 2.45) is 0 Å². The fourth-order valence-corrected chi connectivity index (χ4v) is 1.87. The van der Waals surface area contributed by atoms with Crippen LogP contribution in [0.25, 0.3) is 0 Å². The van der Waals surface area contributed by atoms with E-state index in [1.165, 1.54) is 30.3 Å². The monoisotopic (exact) mass is 326 g/mol. The number of rotatable bonds is 5. The van der Waals surface area contributed by atoms with Gasteiger partial charge in [0.2, 0.25) is 5.91 Å². The minimum atomic E-state index is -4.38. The Morgan fingerprint density at radius 1 is 1.00 bits per heavy atom. The van der Waals surface area contributed by atoms with Gasteiger partial charge in [0.1, 0.15) is 5.82 Å². The molecule has 122 valence electrons. The highest BCUT2D eigenvalue weighted by molar-refractivity contribution is 5.91. The Labute approximate surface area is 130 Å². The normalized spacial score (nSPS) is 11.1. The van der Waals surface area contributed by atoms with Crippen molar-refractivity contribution in [1.82, 2.24) is 0 Å². The summed E-state index contributed by atoms with van der Waals surface area (Å²) in [4.78, 5) is 11.7. The fourth-order valence-electron chi connectivity index (χ4n) is 1.87. The molecular weight excluding hydrogens is 312 g/mol. The molecule has 0 aliphatic rings. The molecule has 0 aromatic heterocycles. The highest BCUT2D eigenvalue weighted by atomic mass is 19.4. The molecule has 0 saturated heterocycles. The van der Waals surface area contributed by atoms with Crippen molar-refractivity contribution in [1.29, 1.82) is 0 Å². The van der Waals surface area contributed by atoms with Crippen molar-refractivity contribution in [3.8, 4) is 0 Å². The number of halogens is 4. The summed E-state index contributed by atoms with van der Waals surface area (Å²) in [6.07, 6.45) is -4.33. The third-order valence-electron chi connectivity index (χ3n) is 3.04. The maximum Gasteiger partial charge on any atom is 0.416 e. The number of alkyl halides is 3. The van der Waals surface area contributed by atoms with Crippen molar-refractivity contribution < 1.29 is 22.4 Å². The van der Waals surface area contributed by atoms with Gasteiger partial charge in [0, 0.05) is 18.7 Å². The predicted octanol–water partition coefficient (Wildman–Crippen LogP) is 4.29. The molecule has 2 aromatic carbocycles. The second-order valence-electron chi connectivity index (χ2n) is 4.78. The SMILES string of the molecule is O=C(CCNc1ccc(C(F)(F)F)cc1)Nc1ccccc1F. The Balaban J connectivity index is 1.81. The van der Waals surface area contributed by atoms with E-state index in [0.717, 1.165) is 12.1 Å². The molecule has 2 rings (SSSR count). The van der Waals surface area contributed by atoms with Crippen molar-refractivity contribution in [2.45, 2.75) is 12.6 Å². The molecule has 0 aliphatic heterocycles. The third kappa shape index (κ3) is 4.98. The van der Waals surface area contributed by atoms with E-state index < -0.39 is 23.5 Å². The summed E-state index contributed by atoms with van der Waals surface area (Å²) in [7, 11) is 0. The standard InChI is InChI=1S/C16H14F4N2O/c17-13-3-1-2-4-14(13)22-15(23)9-10-21-12-7-5-11(6-8-12)16(18,19)20/h1-8,21H,9-10H2,(H,22,23). The lowest BCUT2D eigenvalue weighted by atomic mass is 10.2. The zero-order valence-corrected chi connectivity index (χ0v) is 12.0. The van der Waals surface area contributed by atoms with E-state index in [4.69, 9.17) is 0 Å². The van der Waals surface area contributed by atoms with Gasteiger partial charge in [-0.1, -0.05) is 12.1 Å². The second-order valence-corrected chi connectivity index (χ2v) is 4.78. The van der Waals surface area contributed by atoms with E-state index in [0.29, 0.717) is 5.69 Å². The molecule has 0 heterocycles. The average Bonchev–Trinajstić information content (AvgIpc) is 2.49. The topological polar surface area (TPSA) is 41.1 Å². The summed E-state index contributed by atoms with van der Waals surface area (Å²) in [5.74, 6) is -0.925. The van der Waals surface area contributed by atoms with Gasteiger partial charge in [-0.2, -0.15) is 13.2 Å². The maximum atomic E-state index is 13.3. The van der Waals surface area contributed by atoms with Crippen LogP contribution in [-0.4, -0.2) is 12.5 Å². The van der Waals surface area contributed by atoms with Gasteiger partial charge in [-0.3, -0.25) is 4.79 Å². The number of para-hydroxylation sites is 1. The van der Waals surface area contributed by atoms with Crippen LogP contribution < -0.4 is 10.6 Å². The summed E-state index contributed by atoms with van der Waals surface area (Å²) in [6, 6.07) is 10.3. The summed E-state index contributed by atoms with van der Waals surface area (Å²) in [5.41, 5.74) is -0.177. The summed E-state index contributed by atoms with van der Waals surface area (Å²) in [6.45, 7) is 0.214. The smallest absolute Gasteiger partial charge is 0.385 e. The van der Waals surface area contributed by atoms with E-state index >= 15 is 0 Å². The van der Waals surface area contributed by atoms with Gasteiger partial charge in [0.25, 0.3) is 0 Å². The number of anilines is 2. The number of nitrogens with one attached hydrogen (secondary N) is 2. The molecule has 0 radical (unpaired) electrons. The van der Waals surface area contributed by atoms with E-state index in [9.17, 15) is 22.4 Å². The van der Waals surface area contributed by atoms with E-state index in [-0.39, 0.29) is 18.7 Å². The first kappa shape index (κ1) is 16.8. The van der Waals surface area contributed by atoms with Crippen molar-refractivity contribution >= 4 is 17.3 Å². The van der Waals surface area contributed by atoms with Crippen molar-refractivity contribution in [2.75, 3.05) is 17.2 Å². The number of amides is 1. The van der Waals surface area contributed by atoms with Gasteiger partial charge in [-0.05, 0) is 36.4 Å². The zero-order valence-electron chi connectivity index (χ0n) is 12.0. The molecule has 0 unspecified atom stereocenters. The Hall–Kier alpha value is -2.57. The quantitative estimate of drug-likeness (QED) is 0.805. The molecule has 7 heteroatoms. The van der Waals surface area contributed by atoms with Crippen LogP contribution in [0.2, 0.25) is 0 Å². The van der Waals surface area contributed by atoms with Crippen molar-refractivity contribution in [3.05, 3.63) is 59.9 Å². The molecule has 3 nitrogen and oxygen atoms in total. The summed E-state index contributed by atoms with van der Waals surface area (Å²) in [5, 5.41) is 5.26. The van der Waals surface area contributed by atoms with Gasteiger partial charge in [-0.15, -0.1) is 0 Å². The van der Waals surface area contributed by atoms with Crippen LogP contribution in [0, 0.1) is 5.82 Å². The number of carbonyl (C=O) groups excluding carboxylic acids is 1.